The monoisotopic (exact) mass is 367 g/mol. The fourth-order valence-electron chi connectivity index (χ4n) is 2.27. The summed E-state index contributed by atoms with van der Waals surface area (Å²) in [5, 5.41) is 4.02. The molecule has 0 spiro atoms. The lowest BCUT2D eigenvalue weighted by atomic mass is 10.0. The van der Waals surface area contributed by atoms with Crippen LogP contribution in [0.1, 0.15) is 30.5 Å². The highest BCUT2D eigenvalue weighted by Crippen LogP contribution is 2.29. The van der Waals surface area contributed by atoms with E-state index in [2.05, 4.69) is 34.2 Å². The van der Waals surface area contributed by atoms with Gasteiger partial charge in [0.05, 0.1) is 0 Å². The van der Waals surface area contributed by atoms with Gasteiger partial charge in [-0.3, -0.25) is 0 Å². The Bertz CT molecular complexity index is 599. The van der Waals surface area contributed by atoms with Gasteiger partial charge in [0.1, 0.15) is 12.4 Å². The van der Waals surface area contributed by atoms with Crippen molar-refractivity contribution in [1.29, 1.82) is 0 Å². The van der Waals surface area contributed by atoms with E-state index in [-0.39, 0.29) is 0 Å². The van der Waals surface area contributed by atoms with Crippen LogP contribution in [0.4, 0.5) is 0 Å². The second kappa shape index (κ2) is 7.83. The van der Waals surface area contributed by atoms with Gasteiger partial charge in [-0.05, 0) is 31.7 Å². The Labute approximate surface area is 139 Å². The summed E-state index contributed by atoms with van der Waals surface area (Å²) in [5.74, 6) is 0.901. The average Bonchev–Trinajstić information content (AvgIpc) is 2.49. The molecule has 0 amide bonds. The van der Waals surface area contributed by atoms with Gasteiger partial charge in [0.15, 0.2) is 0 Å². The maximum Gasteiger partial charge on any atom is 0.124 e. The van der Waals surface area contributed by atoms with Crippen LogP contribution in [0.25, 0.3) is 0 Å². The van der Waals surface area contributed by atoms with E-state index in [0.717, 1.165) is 22.2 Å². The van der Waals surface area contributed by atoms with Gasteiger partial charge in [0, 0.05) is 26.7 Å². The Morgan fingerprint density at radius 3 is 2.67 bits per heavy atom. The van der Waals surface area contributed by atoms with Crippen LogP contribution in [0.2, 0.25) is 5.02 Å². The number of hydrogen-bond donors (Lipinski definition) is 1. The van der Waals surface area contributed by atoms with Crippen LogP contribution in [0.15, 0.2) is 46.9 Å². The number of benzene rings is 2. The molecule has 21 heavy (non-hydrogen) atoms. The zero-order chi connectivity index (χ0) is 15.2. The summed E-state index contributed by atoms with van der Waals surface area (Å²) >= 11 is 9.64. The molecule has 0 aromatic heterocycles. The van der Waals surface area contributed by atoms with Crippen molar-refractivity contribution in [3.63, 3.8) is 0 Å². The molecule has 0 saturated carbocycles. The van der Waals surface area contributed by atoms with Crippen molar-refractivity contribution >= 4 is 27.5 Å². The SMILES string of the molecule is CCC(NC)c1ccccc1OCc1ccc(Br)cc1Cl. The maximum absolute atomic E-state index is 6.23. The minimum absolute atomic E-state index is 0.293. The van der Waals surface area contributed by atoms with Gasteiger partial charge in [-0.2, -0.15) is 0 Å². The van der Waals surface area contributed by atoms with Crippen LogP contribution in [0.3, 0.4) is 0 Å². The molecule has 2 aromatic carbocycles. The summed E-state index contributed by atoms with van der Waals surface area (Å²) in [6, 6.07) is 14.3. The summed E-state index contributed by atoms with van der Waals surface area (Å²) < 4.78 is 6.96. The van der Waals surface area contributed by atoms with Crippen molar-refractivity contribution < 1.29 is 4.74 Å². The van der Waals surface area contributed by atoms with Gasteiger partial charge >= 0.3 is 0 Å². The fraction of sp³-hybridized carbons (Fsp3) is 0.294. The first kappa shape index (κ1) is 16.3. The summed E-state index contributed by atoms with van der Waals surface area (Å²) in [6.45, 7) is 2.62. The van der Waals surface area contributed by atoms with Crippen molar-refractivity contribution in [3.8, 4) is 5.75 Å². The first-order valence-corrected chi connectivity index (χ1v) is 8.15. The highest BCUT2D eigenvalue weighted by molar-refractivity contribution is 9.10. The Hall–Kier alpha value is -1.03. The quantitative estimate of drug-likeness (QED) is 0.742. The Morgan fingerprint density at radius 1 is 1.24 bits per heavy atom. The second-order valence-electron chi connectivity index (χ2n) is 4.81. The maximum atomic E-state index is 6.23. The highest BCUT2D eigenvalue weighted by atomic mass is 79.9. The fourth-order valence-corrected chi connectivity index (χ4v) is 3.00. The van der Waals surface area contributed by atoms with Gasteiger partial charge in [0.25, 0.3) is 0 Å². The van der Waals surface area contributed by atoms with E-state index in [9.17, 15) is 0 Å². The van der Waals surface area contributed by atoms with Crippen LogP contribution in [-0.4, -0.2) is 7.05 Å². The Morgan fingerprint density at radius 2 is 2.00 bits per heavy atom. The molecule has 0 fully saturated rings. The van der Waals surface area contributed by atoms with Gasteiger partial charge in [0.2, 0.25) is 0 Å². The molecule has 0 heterocycles. The number of para-hydroxylation sites is 1. The summed E-state index contributed by atoms with van der Waals surface area (Å²) in [4.78, 5) is 0. The van der Waals surface area contributed by atoms with E-state index in [4.69, 9.17) is 16.3 Å². The van der Waals surface area contributed by atoms with Crippen molar-refractivity contribution in [2.24, 2.45) is 0 Å². The van der Waals surface area contributed by atoms with Crippen LogP contribution in [0, 0.1) is 0 Å². The van der Waals surface area contributed by atoms with E-state index in [1.807, 2.05) is 43.4 Å². The zero-order valence-electron chi connectivity index (χ0n) is 12.2. The van der Waals surface area contributed by atoms with Gasteiger partial charge in [-0.15, -0.1) is 0 Å². The van der Waals surface area contributed by atoms with E-state index >= 15 is 0 Å². The van der Waals surface area contributed by atoms with Gasteiger partial charge in [-0.1, -0.05) is 58.7 Å². The molecule has 0 aliphatic heterocycles. The first-order valence-electron chi connectivity index (χ1n) is 6.98. The largest absolute Gasteiger partial charge is 0.489 e. The predicted octanol–water partition coefficient (Wildman–Crippen LogP) is 5.35. The normalized spacial score (nSPS) is 12.2. The van der Waals surface area contributed by atoms with Crippen LogP contribution < -0.4 is 10.1 Å². The molecule has 2 aromatic rings. The lowest BCUT2D eigenvalue weighted by molar-refractivity contribution is 0.299. The molecule has 0 aliphatic carbocycles. The third kappa shape index (κ3) is 4.22. The van der Waals surface area contributed by atoms with E-state index in [0.29, 0.717) is 17.7 Å². The van der Waals surface area contributed by atoms with Crippen LogP contribution in [0.5, 0.6) is 5.75 Å². The van der Waals surface area contributed by atoms with Crippen LogP contribution >= 0.6 is 27.5 Å². The molecule has 1 atom stereocenters. The topological polar surface area (TPSA) is 21.3 Å². The summed E-state index contributed by atoms with van der Waals surface area (Å²) in [6.07, 6.45) is 1.01. The van der Waals surface area contributed by atoms with Crippen molar-refractivity contribution in [2.45, 2.75) is 26.0 Å². The van der Waals surface area contributed by atoms with Crippen molar-refractivity contribution in [3.05, 3.63) is 63.1 Å². The molecule has 1 unspecified atom stereocenters. The molecule has 112 valence electrons. The molecule has 0 bridgehead atoms. The standard InChI is InChI=1S/C17H19BrClNO/c1-3-16(20-2)14-6-4-5-7-17(14)21-11-12-8-9-13(18)10-15(12)19/h4-10,16,20H,3,11H2,1-2H3. The van der Waals surface area contributed by atoms with Crippen LogP contribution in [-0.2, 0) is 6.61 Å². The molecule has 1 N–H and O–H groups in total. The molecule has 0 radical (unpaired) electrons. The Kier molecular flexibility index (Phi) is 6.09. The van der Waals surface area contributed by atoms with Gasteiger partial charge < -0.3 is 10.1 Å². The van der Waals surface area contributed by atoms with E-state index in [1.54, 1.807) is 0 Å². The molecule has 2 nitrogen and oxygen atoms in total. The molecule has 0 aliphatic rings. The third-order valence-corrected chi connectivity index (χ3v) is 4.29. The smallest absolute Gasteiger partial charge is 0.124 e. The number of nitrogens with one attached hydrogen (secondary N) is 1. The van der Waals surface area contributed by atoms with Crippen molar-refractivity contribution in [1.82, 2.24) is 5.32 Å². The second-order valence-corrected chi connectivity index (χ2v) is 6.13. The molecular formula is C17H19BrClNO. The lowest BCUT2D eigenvalue weighted by Gasteiger charge is -2.19. The van der Waals surface area contributed by atoms with E-state index < -0.39 is 0 Å². The highest BCUT2D eigenvalue weighted by Gasteiger charge is 2.12. The average molecular weight is 369 g/mol. The molecule has 4 heteroatoms. The minimum atomic E-state index is 0.293. The zero-order valence-corrected chi connectivity index (χ0v) is 14.5. The van der Waals surface area contributed by atoms with E-state index in [1.165, 1.54) is 5.56 Å². The molecular weight excluding hydrogens is 350 g/mol. The summed E-state index contributed by atoms with van der Waals surface area (Å²) in [7, 11) is 1.97. The number of ether oxygens (including phenoxy) is 1. The van der Waals surface area contributed by atoms with Crippen molar-refractivity contribution in [2.75, 3.05) is 7.05 Å². The predicted molar refractivity (Wildman–Crippen MR) is 92.0 cm³/mol. The molecule has 0 saturated heterocycles. The number of hydrogen-bond acceptors (Lipinski definition) is 2. The number of halogens is 2. The number of rotatable bonds is 6. The minimum Gasteiger partial charge on any atom is -0.489 e. The molecule has 2 rings (SSSR count). The third-order valence-electron chi connectivity index (χ3n) is 3.45. The summed E-state index contributed by atoms with van der Waals surface area (Å²) in [5.41, 5.74) is 2.16. The Balaban J connectivity index is 2.16. The lowest BCUT2D eigenvalue weighted by Crippen LogP contribution is -2.16. The first-order chi connectivity index (χ1) is 10.2. The van der Waals surface area contributed by atoms with Gasteiger partial charge in [-0.25, -0.2) is 0 Å².